The molecule has 0 bridgehead atoms. The van der Waals surface area contributed by atoms with Crippen LogP contribution in [0.5, 0.6) is 0 Å². The van der Waals surface area contributed by atoms with Crippen LogP contribution in [0.25, 0.3) is 11.5 Å². The van der Waals surface area contributed by atoms with E-state index in [-0.39, 0.29) is 5.91 Å². The van der Waals surface area contributed by atoms with Crippen LogP contribution in [-0.2, 0) is 10.5 Å². The monoisotopic (exact) mass is 352 g/mol. The normalized spacial score (nSPS) is 10.6. The van der Waals surface area contributed by atoms with E-state index in [0.29, 0.717) is 17.4 Å². The van der Waals surface area contributed by atoms with Gasteiger partial charge in [0, 0.05) is 24.1 Å². The van der Waals surface area contributed by atoms with Gasteiger partial charge in [0.25, 0.3) is 0 Å². The SMILES string of the molecule is Cc1ccc(N(C)C(=O)CSCc2coc(-c3ccccc3)n2)cc1. The molecule has 0 spiro atoms. The molecule has 1 aromatic heterocycles. The minimum absolute atomic E-state index is 0.0700. The van der Waals surface area contributed by atoms with Gasteiger partial charge in [0.15, 0.2) is 0 Å². The number of hydrogen-bond acceptors (Lipinski definition) is 4. The number of anilines is 1. The standard InChI is InChI=1S/C20H20N2O2S/c1-15-8-10-18(11-9-15)22(2)19(23)14-25-13-17-12-24-20(21-17)16-6-4-3-5-7-16/h3-12H,13-14H2,1-2H3. The number of aromatic nitrogens is 1. The number of nitrogens with zero attached hydrogens (tertiary/aromatic N) is 2. The lowest BCUT2D eigenvalue weighted by molar-refractivity contribution is -0.115. The Morgan fingerprint density at radius 2 is 1.84 bits per heavy atom. The van der Waals surface area contributed by atoms with Crippen molar-refractivity contribution in [3.05, 3.63) is 72.1 Å². The minimum atomic E-state index is 0.0700. The average molecular weight is 352 g/mol. The molecule has 0 aliphatic rings. The Balaban J connectivity index is 1.52. The fraction of sp³-hybridized carbons (Fsp3) is 0.200. The van der Waals surface area contributed by atoms with Crippen molar-refractivity contribution in [2.24, 2.45) is 0 Å². The molecule has 0 unspecified atom stereocenters. The number of hydrogen-bond donors (Lipinski definition) is 0. The van der Waals surface area contributed by atoms with E-state index in [1.807, 2.05) is 61.5 Å². The summed E-state index contributed by atoms with van der Waals surface area (Å²) >= 11 is 1.54. The van der Waals surface area contributed by atoms with Crippen LogP contribution in [-0.4, -0.2) is 23.7 Å². The van der Waals surface area contributed by atoms with Crippen LogP contribution >= 0.6 is 11.8 Å². The van der Waals surface area contributed by atoms with Gasteiger partial charge in [0.2, 0.25) is 11.8 Å². The Labute approximate surface area is 151 Å². The van der Waals surface area contributed by atoms with Crippen molar-refractivity contribution in [2.45, 2.75) is 12.7 Å². The summed E-state index contributed by atoms with van der Waals surface area (Å²) in [5.41, 5.74) is 3.88. The summed E-state index contributed by atoms with van der Waals surface area (Å²) in [5, 5.41) is 0. The van der Waals surface area contributed by atoms with Gasteiger partial charge in [-0.3, -0.25) is 4.79 Å². The van der Waals surface area contributed by atoms with E-state index < -0.39 is 0 Å². The second-order valence-corrected chi connectivity index (χ2v) is 6.78. The van der Waals surface area contributed by atoms with E-state index in [0.717, 1.165) is 16.9 Å². The van der Waals surface area contributed by atoms with Crippen LogP contribution in [0.15, 0.2) is 65.3 Å². The highest BCUT2D eigenvalue weighted by atomic mass is 32.2. The molecule has 0 N–H and O–H groups in total. The second kappa shape index (κ2) is 8.03. The van der Waals surface area contributed by atoms with Gasteiger partial charge in [-0.25, -0.2) is 4.98 Å². The molecule has 3 rings (SSSR count). The predicted molar refractivity (Wildman–Crippen MR) is 103 cm³/mol. The molecule has 0 atom stereocenters. The Hall–Kier alpha value is -2.53. The van der Waals surface area contributed by atoms with E-state index in [2.05, 4.69) is 4.98 Å². The molecule has 0 saturated heterocycles. The molecule has 128 valence electrons. The summed E-state index contributed by atoms with van der Waals surface area (Å²) in [5.74, 6) is 1.72. The van der Waals surface area contributed by atoms with Crippen molar-refractivity contribution < 1.29 is 9.21 Å². The molecular weight excluding hydrogens is 332 g/mol. The Morgan fingerprint density at radius 1 is 1.12 bits per heavy atom. The molecule has 0 fully saturated rings. The van der Waals surface area contributed by atoms with Crippen LogP contribution in [0.3, 0.4) is 0 Å². The summed E-state index contributed by atoms with van der Waals surface area (Å²) in [7, 11) is 1.80. The van der Waals surface area contributed by atoms with Gasteiger partial charge in [-0.05, 0) is 31.2 Å². The Morgan fingerprint density at radius 3 is 2.56 bits per heavy atom. The van der Waals surface area contributed by atoms with Crippen molar-refractivity contribution in [1.29, 1.82) is 0 Å². The second-order valence-electron chi connectivity index (χ2n) is 5.79. The zero-order valence-electron chi connectivity index (χ0n) is 14.3. The zero-order chi connectivity index (χ0) is 17.6. The number of benzene rings is 2. The average Bonchev–Trinajstić information content (AvgIpc) is 3.11. The molecule has 4 nitrogen and oxygen atoms in total. The van der Waals surface area contributed by atoms with Gasteiger partial charge in [0.1, 0.15) is 6.26 Å². The van der Waals surface area contributed by atoms with E-state index in [4.69, 9.17) is 4.42 Å². The molecule has 0 aliphatic heterocycles. The van der Waals surface area contributed by atoms with E-state index in [1.165, 1.54) is 17.3 Å². The maximum absolute atomic E-state index is 12.3. The molecule has 0 radical (unpaired) electrons. The third kappa shape index (κ3) is 4.51. The number of amides is 1. The van der Waals surface area contributed by atoms with Gasteiger partial charge in [-0.2, -0.15) is 0 Å². The number of rotatable bonds is 6. The topological polar surface area (TPSA) is 46.3 Å². The van der Waals surface area contributed by atoms with E-state index in [1.54, 1.807) is 18.2 Å². The first kappa shape index (κ1) is 17.3. The Bertz CT molecular complexity index is 828. The number of carbonyl (C=O) groups is 1. The smallest absolute Gasteiger partial charge is 0.236 e. The number of thioether (sulfide) groups is 1. The zero-order valence-corrected chi connectivity index (χ0v) is 15.1. The molecule has 5 heteroatoms. The largest absolute Gasteiger partial charge is 0.444 e. The van der Waals surface area contributed by atoms with Gasteiger partial charge in [-0.15, -0.1) is 11.8 Å². The maximum Gasteiger partial charge on any atom is 0.236 e. The van der Waals surface area contributed by atoms with E-state index >= 15 is 0 Å². The lowest BCUT2D eigenvalue weighted by Gasteiger charge is -2.17. The van der Waals surface area contributed by atoms with Crippen LogP contribution in [0.2, 0.25) is 0 Å². The maximum atomic E-state index is 12.3. The Kier molecular flexibility index (Phi) is 5.56. The predicted octanol–water partition coefficient (Wildman–Crippen LogP) is 4.55. The highest BCUT2D eigenvalue weighted by Crippen LogP contribution is 2.21. The quantitative estimate of drug-likeness (QED) is 0.653. The van der Waals surface area contributed by atoms with Gasteiger partial charge >= 0.3 is 0 Å². The summed E-state index contributed by atoms with van der Waals surface area (Å²) in [6.07, 6.45) is 1.66. The van der Waals surface area contributed by atoms with Crippen LogP contribution < -0.4 is 4.90 Å². The molecule has 0 aliphatic carbocycles. The van der Waals surface area contributed by atoms with Crippen LogP contribution in [0.4, 0.5) is 5.69 Å². The number of carbonyl (C=O) groups excluding carboxylic acids is 1. The first-order valence-corrected chi connectivity index (χ1v) is 9.20. The van der Waals surface area contributed by atoms with Crippen LogP contribution in [0.1, 0.15) is 11.3 Å². The number of oxazole rings is 1. The highest BCUT2D eigenvalue weighted by molar-refractivity contribution is 7.99. The molecule has 1 amide bonds. The third-order valence-corrected chi connectivity index (χ3v) is 4.79. The highest BCUT2D eigenvalue weighted by Gasteiger charge is 2.12. The molecule has 2 aromatic carbocycles. The summed E-state index contributed by atoms with van der Waals surface area (Å²) in [6, 6.07) is 17.7. The molecule has 0 saturated carbocycles. The first-order valence-electron chi connectivity index (χ1n) is 8.04. The van der Waals surface area contributed by atoms with Crippen molar-refractivity contribution in [3.63, 3.8) is 0 Å². The van der Waals surface area contributed by atoms with Gasteiger partial charge in [-0.1, -0.05) is 35.9 Å². The lowest BCUT2D eigenvalue weighted by Crippen LogP contribution is -2.27. The first-order chi connectivity index (χ1) is 12.1. The van der Waals surface area contributed by atoms with Gasteiger partial charge < -0.3 is 9.32 Å². The molecular formula is C20H20N2O2S. The molecule has 3 aromatic rings. The minimum Gasteiger partial charge on any atom is -0.444 e. The van der Waals surface area contributed by atoms with Crippen molar-refractivity contribution in [2.75, 3.05) is 17.7 Å². The van der Waals surface area contributed by atoms with Crippen molar-refractivity contribution in [3.8, 4) is 11.5 Å². The summed E-state index contributed by atoms with van der Waals surface area (Å²) in [4.78, 5) is 18.5. The fourth-order valence-electron chi connectivity index (χ4n) is 2.34. The third-order valence-electron chi connectivity index (χ3n) is 3.84. The summed E-state index contributed by atoms with van der Waals surface area (Å²) in [6.45, 7) is 2.03. The fourth-order valence-corrected chi connectivity index (χ4v) is 3.15. The van der Waals surface area contributed by atoms with Crippen molar-refractivity contribution in [1.82, 2.24) is 4.98 Å². The summed E-state index contributed by atoms with van der Waals surface area (Å²) < 4.78 is 5.52. The van der Waals surface area contributed by atoms with Gasteiger partial charge in [0.05, 0.1) is 11.4 Å². The lowest BCUT2D eigenvalue weighted by atomic mass is 10.2. The molecule has 25 heavy (non-hydrogen) atoms. The number of aryl methyl sites for hydroxylation is 1. The van der Waals surface area contributed by atoms with Crippen molar-refractivity contribution >= 4 is 23.4 Å². The molecule has 1 heterocycles. The van der Waals surface area contributed by atoms with E-state index in [9.17, 15) is 4.79 Å². The van der Waals surface area contributed by atoms with Crippen LogP contribution in [0, 0.1) is 6.92 Å².